The zero-order valence-electron chi connectivity index (χ0n) is 16.3. The topological polar surface area (TPSA) is 79.9 Å². The first-order valence-electron chi connectivity index (χ1n) is 9.03. The highest BCUT2D eigenvalue weighted by Gasteiger charge is 2.19. The predicted molar refractivity (Wildman–Crippen MR) is 117 cm³/mol. The smallest absolute Gasteiger partial charge is 0.278 e. The van der Waals surface area contributed by atoms with Crippen LogP contribution < -0.4 is 0 Å². The van der Waals surface area contributed by atoms with Gasteiger partial charge in [-0.25, -0.2) is 4.98 Å². The summed E-state index contributed by atoms with van der Waals surface area (Å²) in [4.78, 5) is 8.65. The van der Waals surface area contributed by atoms with Crippen molar-refractivity contribution in [1.82, 2.24) is 18.8 Å². The third kappa shape index (κ3) is 3.79. The van der Waals surface area contributed by atoms with E-state index in [2.05, 4.69) is 15.1 Å². The van der Waals surface area contributed by atoms with Crippen molar-refractivity contribution >= 4 is 33.5 Å². The summed E-state index contributed by atoms with van der Waals surface area (Å²) in [6, 6.07) is 11.9. The molecule has 7 nitrogen and oxygen atoms in total. The van der Waals surface area contributed by atoms with Crippen LogP contribution in [0.15, 0.2) is 77.2 Å². The van der Waals surface area contributed by atoms with Crippen molar-refractivity contribution in [3.63, 3.8) is 0 Å². The molecule has 0 amide bonds. The summed E-state index contributed by atoms with van der Waals surface area (Å²) >= 11 is 5.92. The normalized spacial score (nSPS) is 12.0. The molecule has 9 heteroatoms. The van der Waals surface area contributed by atoms with E-state index in [1.165, 1.54) is 25.4 Å². The molecule has 4 aromatic rings. The Balaban J connectivity index is 1.69. The molecular formula is C21H18ClN5O2S. The molecule has 0 spiro atoms. The predicted octanol–water partition coefficient (Wildman–Crippen LogP) is 4.01. The van der Waals surface area contributed by atoms with Crippen LogP contribution in [0.2, 0.25) is 5.02 Å². The van der Waals surface area contributed by atoms with Crippen molar-refractivity contribution in [3.05, 3.63) is 83.5 Å². The number of sulfonamides is 1. The zero-order chi connectivity index (χ0) is 21.3. The maximum absolute atomic E-state index is 12.7. The number of nitrogens with zero attached hydrogens (tertiary/aromatic N) is 5. The quantitative estimate of drug-likeness (QED) is 0.347. The number of fused-ring (bicyclic) bond motifs is 1. The maximum atomic E-state index is 12.7. The van der Waals surface area contributed by atoms with Gasteiger partial charge in [-0.05, 0) is 42.8 Å². The number of hydrogen-bond donors (Lipinski definition) is 0. The summed E-state index contributed by atoms with van der Waals surface area (Å²) in [6.07, 6.45) is 8.57. The maximum Gasteiger partial charge on any atom is 0.278 e. The lowest BCUT2D eigenvalue weighted by molar-refractivity contribution is 0.491. The van der Waals surface area contributed by atoms with Gasteiger partial charge in [-0.3, -0.25) is 9.38 Å². The lowest BCUT2D eigenvalue weighted by Gasteiger charge is -2.13. The van der Waals surface area contributed by atoms with Crippen LogP contribution in [-0.2, 0) is 10.0 Å². The number of pyridine rings is 2. The molecule has 152 valence electrons. The molecule has 0 aliphatic heterocycles. The summed E-state index contributed by atoms with van der Waals surface area (Å²) in [5.41, 5.74) is 4.42. The molecule has 0 aliphatic rings. The van der Waals surface area contributed by atoms with E-state index < -0.39 is 10.0 Å². The molecule has 1 aromatic carbocycles. The van der Waals surface area contributed by atoms with Crippen LogP contribution in [0.25, 0.3) is 16.8 Å². The average molecular weight is 440 g/mol. The fourth-order valence-electron chi connectivity index (χ4n) is 3.04. The molecule has 0 aliphatic carbocycles. The number of rotatable bonds is 5. The second-order valence-corrected chi connectivity index (χ2v) is 9.05. The van der Waals surface area contributed by atoms with Crippen LogP contribution in [0.1, 0.15) is 11.3 Å². The van der Waals surface area contributed by atoms with Gasteiger partial charge in [0.05, 0.1) is 23.0 Å². The van der Waals surface area contributed by atoms with Gasteiger partial charge >= 0.3 is 0 Å². The van der Waals surface area contributed by atoms with Crippen molar-refractivity contribution in [2.75, 3.05) is 7.05 Å². The molecule has 0 fully saturated rings. The second-order valence-electron chi connectivity index (χ2n) is 6.66. The Morgan fingerprint density at radius 2 is 2.00 bits per heavy atom. The fraction of sp³-hybridized carbons (Fsp3) is 0.0952. The monoisotopic (exact) mass is 439 g/mol. The van der Waals surface area contributed by atoms with Crippen LogP contribution in [0.4, 0.5) is 0 Å². The van der Waals surface area contributed by atoms with Crippen LogP contribution >= 0.6 is 11.6 Å². The molecule has 3 heterocycles. The summed E-state index contributed by atoms with van der Waals surface area (Å²) in [5, 5.41) is 4.46. The first kappa shape index (κ1) is 20.1. The number of benzene rings is 1. The standard InChI is InChI=1S/C21H18ClN5O2S/c1-15-9-21-24-12-18(27(21)14-20(15)16-5-4-8-23-11-16)13-25-26(2)30(28,29)19-7-3-6-17(22)10-19/h3-14H,1-2H3/b25-13+. The van der Waals surface area contributed by atoms with Crippen molar-refractivity contribution in [2.45, 2.75) is 11.8 Å². The first-order chi connectivity index (χ1) is 14.4. The number of aryl methyl sites for hydroxylation is 1. The third-order valence-electron chi connectivity index (χ3n) is 4.65. The molecule has 0 bridgehead atoms. The van der Waals surface area contributed by atoms with Crippen LogP contribution in [0.5, 0.6) is 0 Å². The van der Waals surface area contributed by atoms with E-state index in [9.17, 15) is 8.42 Å². The van der Waals surface area contributed by atoms with Gasteiger partial charge in [-0.1, -0.05) is 23.7 Å². The molecule has 0 N–H and O–H groups in total. The zero-order valence-corrected chi connectivity index (χ0v) is 17.8. The van der Waals surface area contributed by atoms with Crippen molar-refractivity contribution in [1.29, 1.82) is 0 Å². The molecule has 0 atom stereocenters. The number of aromatic nitrogens is 3. The van der Waals surface area contributed by atoms with Gasteiger partial charge in [0.25, 0.3) is 10.0 Å². The molecule has 4 rings (SSSR count). The summed E-state index contributed by atoms with van der Waals surface area (Å²) in [5.74, 6) is 0. The Morgan fingerprint density at radius 3 is 2.73 bits per heavy atom. The number of imidazole rings is 1. The van der Waals surface area contributed by atoms with E-state index in [1.807, 2.05) is 35.7 Å². The largest absolute Gasteiger partial charge is 0.298 e. The Bertz CT molecular complexity index is 1350. The van der Waals surface area contributed by atoms with Gasteiger partial charge in [0.1, 0.15) is 5.65 Å². The van der Waals surface area contributed by atoms with E-state index in [0.717, 1.165) is 26.8 Å². The molecule has 0 saturated carbocycles. The first-order valence-corrected chi connectivity index (χ1v) is 10.8. The van der Waals surface area contributed by atoms with Gasteiger partial charge in [0.2, 0.25) is 0 Å². The highest BCUT2D eigenvalue weighted by molar-refractivity contribution is 7.89. The second kappa shape index (κ2) is 7.89. The molecule has 30 heavy (non-hydrogen) atoms. The van der Waals surface area contributed by atoms with Crippen LogP contribution in [0, 0.1) is 6.92 Å². The van der Waals surface area contributed by atoms with Crippen LogP contribution in [0.3, 0.4) is 0 Å². The molecule has 0 saturated heterocycles. The Kier molecular flexibility index (Phi) is 5.27. The molecule has 0 unspecified atom stereocenters. The average Bonchev–Trinajstić information content (AvgIpc) is 3.13. The van der Waals surface area contributed by atoms with Gasteiger partial charge in [-0.2, -0.15) is 17.9 Å². The number of halogens is 1. The van der Waals surface area contributed by atoms with E-state index in [1.54, 1.807) is 30.7 Å². The van der Waals surface area contributed by atoms with E-state index in [4.69, 9.17) is 11.6 Å². The minimum Gasteiger partial charge on any atom is -0.298 e. The third-order valence-corrected chi connectivity index (χ3v) is 6.52. The van der Waals surface area contributed by atoms with Gasteiger partial charge in [0, 0.05) is 41.8 Å². The van der Waals surface area contributed by atoms with Crippen molar-refractivity contribution in [2.24, 2.45) is 5.10 Å². The van der Waals surface area contributed by atoms with E-state index in [0.29, 0.717) is 10.7 Å². The number of hydrazone groups is 1. The molecule has 3 aromatic heterocycles. The van der Waals surface area contributed by atoms with E-state index >= 15 is 0 Å². The summed E-state index contributed by atoms with van der Waals surface area (Å²) in [7, 11) is -2.44. The lowest BCUT2D eigenvalue weighted by atomic mass is 10.1. The molecule has 0 radical (unpaired) electrons. The lowest BCUT2D eigenvalue weighted by Crippen LogP contribution is -2.22. The highest BCUT2D eigenvalue weighted by Crippen LogP contribution is 2.24. The fourth-order valence-corrected chi connectivity index (χ4v) is 4.30. The summed E-state index contributed by atoms with van der Waals surface area (Å²) < 4.78 is 28.2. The van der Waals surface area contributed by atoms with E-state index in [-0.39, 0.29) is 4.90 Å². The Hall–Kier alpha value is -3.23. The van der Waals surface area contributed by atoms with Crippen molar-refractivity contribution < 1.29 is 8.42 Å². The SMILES string of the molecule is Cc1cc2ncc(/C=N/N(C)S(=O)(=O)c3cccc(Cl)c3)n2cc1-c1cccnc1. The molecular weight excluding hydrogens is 422 g/mol. The highest BCUT2D eigenvalue weighted by atomic mass is 35.5. The summed E-state index contributed by atoms with van der Waals surface area (Å²) in [6.45, 7) is 2.01. The minimum absolute atomic E-state index is 0.0716. The van der Waals surface area contributed by atoms with Crippen LogP contribution in [-0.4, -0.2) is 40.5 Å². The minimum atomic E-state index is -3.81. The Labute approximate surface area is 179 Å². The van der Waals surface area contributed by atoms with Crippen molar-refractivity contribution in [3.8, 4) is 11.1 Å². The Morgan fingerprint density at radius 1 is 1.17 bits per heavy atom. The number of hydrogen-bond acceptors (Lipinski definition) is 5. The van der Waals surface area contributed by atoms with Gasteiger partial charge in [-0.15, -0.1) is 0 Å². The van der Waals surface area contributed by atoms with Gasteiger partial charge in [0.15, 0.2) is 0 Å². The van der Waals surface area contributed by atoms with Gasteiger partial charge < -0.3 is 0 Å².